The Kier molecular flexibility index (Phi) is 8.28. The van der Waals surface area contributed by atoms with Gasteiger partial charge in [0, 0.05) is 41.3 Å². The van der Waals surface area contributed by atoms with Crippen molar-refractivity contribution in [1.29, 1.82) is 0 Å². The van der Waals surface area contributed by atoms with Crippen LogP contribution in [0, 0.1) is 5.41 Å². The van der Waals surface area contributed by atoms with Crippen LogP contribution in [0.15, 0.2) is 38.6 Å². The molecule has 0 aliphatic heterocycles. The Morgan fingerprint density at radius 2 is 1.68 bits per heavy atom. The molecule has 3 N–H and O–H groups in total. The van der Waals surface area contributed by atoms with Gasteiger partial charge in [0.05, 0.1) is 5.41 Å². The zero-order valence-corrected chi connectivity index (χ0v) is 18.3. The molecular weight excluding hydrogens is 400 g/mol. The number of halogens is 1. The van der Waals surface area contributed by atoms with Crippen LogP contribution < -0.4 is 16.0 Å². The van der Waals surface area contributed by atoms with Gasteiger partial charge in [-0.2, -0.15) is 0 Å². The van der Waals surface area contributed by atoms with Gasteiger partial charge in [-0.25, -0.2) is 0 Å². The van der Waals surface area contributed by atoms with Crippen molar-refractivity contribution in [2.75, 3.05) is 27.2 Å². The van der Waals surface area contributed by atoms with E-state index in [0.29, 0.717) is 12.5 Å². The van der Waals surface area contributed by atoms with Gasteiger partial charge in [0.2, 0.25) is 5.91 Å². The van der Waals surface area contributed by atoms with E-state index in [9.17, 15) is 4.79 Å². The number of hydrogen-bond donors (Lipinski definition) is 3. The first-order valence-corrected chi connectivity index (χ1v) is 9.82. The van der Waals surface area contributed by atoms with E-state index in [1.807, 2.05) is 37.7 Å². The predicted molar refractivity (Wildman–Crippen MR) is 111 cm³/mol. The molecule has 140 valence electrons. The van der Waals surface area contributed by atoms with Gasteiger partial charge in [0.25, 0.3) is 0 Å². The van der Waals surface area contributed by atoms with Crippen molar-refractivity contribution in [3.8, 4) is 0 Å². The van der Waals surface area contributed by atoms with Crippen LogP contribution in [0.25, 0.3) is 0 Å². The molecule has 1 rings (SSSR count). The summed E-state index contributed by atoms with van der Waals surface area (Å²) >= 11 is 5.27. The normalized spacial score (nSPS) is 12.7. The van der Waals surface area contributed by atoms with Crippen LogP contribution in [0.5, 0.6) is 0 Å². The molecule has 0 saturated heterocycles. The SMILES string of the molecule is CN=C(NCC(C)(C)Sc1ccc(Br)cc1)NCC(C)(C)C(=O)NC. The number of hydrogen-bond acceptors (Lipinski definition) is 3. The van der Waals surface area contributed by atoms with Gasteiger partial charge in [0.1, 0.15) is 0 Å². The van der Waals surface area contributed by atoms with Crippen molar-refractivity contribution in [2.45, 2.75) is 37.3 Å². The van der Waals surface area contributed by atoms with Crippen LogP contribution in [0.4, 0.5) is 0 Å². The van der Waals surface area contributed by atoms with E-state index < -0.39 is 5.41 Å². The monoisotopic (exact) mass is 428 g/mol. The molecule has 0 heterocycles. The second-order valence-corrected chi connectivity index (χ2v) is 9.75. The molecule has 0 fully saturated rings. The maximum absolute atomic E-state index is 11.9. The van der Waals surface area contributed by atoms with Crippen molar-refractivity contribution in [2.24, 2.45) is 10.4 Å². The molecule has 0 bridgehead atoms. The molecular formula is C18H29BrN4OS. The first-order valence-electron chi connectivity index (χ1n) is 8.21. The van der Waals surface area contributed by atoms with E-state index in [0.717, 1.165) is 11.0 Å². The fourth-order valence-corrected chi connectivity index (χ4v) is 3.42. The highest BCUT2D eigenvalue weighted by atomic mass is 79.9. The number of nitrogens with zero attached hydrogens (tertiary/aromatic N) is 1. The lowest BCUT2D eigenvalue weighted by molar-refractivity contribution is -0.128. The number of carbonyl (C=O) groups excluding carboxylic acids is 1. The number of thioether (sulfide) groups is 1. The number of amides is 1. The Bertz CT molecular complexity index is 600. The lowest BCUT2D eigenvalue weighted by Crippen LogP contribution is -2.49. The van der Waals surface area contributed by atoms with E-state index in [1.54, 1.807) is 14.1 Å². The van der Waals surface area contributed by atoms with Crippen molar-refractivity contribution in [3.05, 3.63) is 28.7 Å². The predicted octanol–water partition coefficient (Wildman–Crippen LogP) is 3.26. The summed E-state index contributed by atoms with van der Waals surface area (Å²) in [6, 6.07) is 8.31. The number of rotatable bonds is 7. The zero-order chi connectivity index (χ0) is 19.1. The standard InChI is InChI=1S/C18H29BrN4OS/c1-17(2,15(24)20-5)11-22-16(21-6)23-12-18(3,4)25-14-9-7-13(19)8-10-14/h7-10H,11-12H2,1-6H3,(H,20,24)(H2,21,22,23). The van der Waals surface area contributed by atoms with Crippen LogP contribution in [0.3, 0.4) is 0 Å². The van der Waals surface area contributed by atoms with Crippen LogP contribution >= 0.6 is 27.7 Å². The minimum Gasteiger partial charge on any atom is -0.359 e. The molecule has 1 aromatic rings. The van der Waals surface area contributed by atoms with E-state index in [1.165, 1.54) is 4.90 Å². The molecule has 25 heavy (non-hydrogen) atoms. The molecule has 0 saturated carbocycles. The summed E-state index contributed by atoms with van der Waals surface area (Å²) in [6.07, 6.45) is 0. The Balaban J connectivity index is 2.55. The van der Waals surface area contributed by atoms with Gasteiger partial charge >= 0.3 is 0 Å². The third-order valence-corrected chi connectivity index (χ3v) is 5.39. The highest BCUT2D eigenvalue weighted by Gasteiger charge is 2.27. The molecule has 1 aromatic carbocycles. The summed E-state index contributed by atoms with van der Waals surface area (Å²) in [5, 5.41) is 9.27. The Hall–Kier alpha value is -1.21. The topological polar surface area (TPSA) is 65.5 Å². The van der Waals surface area contributed by atoms with E-state index in [2.05, 4.69) is 62.9 Å². The van der Waals surface area contributed by atoms with Crippen molar-refractivity contribution in [3.63, 3.8) is 0 Å². The number of benzene rings is 1. The number of guanidine groups is 1. The Morgan fingerprint density at radius 1 is 1.12 bits per heavy atom. The van der Waals surface area contributed by atoms with Gasteiger partial charge < -0.3 is 16.0 Å². The zero-order valence-electron chi connectivity index (χ0n) is 15.9. The van der Waals surface area contributed by atoms with Crippen molar-refractivity contribution in [1.82, 2.24) is 16.0 Å². The molecule has 0 unspecified atom stereocenters. The van der Waals surface area contributed by atoms with E-state index in [-0.39, 0.29) is 10.7 Å². The summed E-state index contributed by atoms with van der Waals surface area (Å²) in [7, 11) is 3.39. The number of carbonyl (C=O) groups is 1. The van der Waals surface area contributed by atoms with Gasteiger partial charge in [-0.15, -0.1) is 11.8 Å². The van der Waals surface area contributed by atoms with Crippen molar-refractivity contribution < 1.29 is 4.79 Å². The third-order valence-electron chi connectivity index (χ3n) is 3.65. The summed E-state index contributed by atoms with van der Waals surface area (Å²) < 4.78 is 1.07. The summed E-state index contributed by atoms with van der Waals surface area (Å²) in [5.41, 5.74) is -0.506. The molecule has 0 radical (unpaired) electrons. The molecule has 0 aliphatic rings. The number of nitrogens with one attached hydrogen (secondary N) is 3. The minimum atomic E-state index is -0.506. The van der Waals surface area contributed by atoms with Crippen LogP contribution in [0.2, 0.25) is 0 Å². The lowest BCUT2D eigenvalue weighted by Gasteiger charge is -2.27. The minimum absolute atomic E-state index is 0.00146. The van der Waals surface area contributed by atoms with E-state index >= 15 is 0 Å². The Labute approximate surface area is 164 Å². The maximum Gasteiger partial charge on any atom is 0.227 e. The van der Waals surface area contributed by atoms with E-state index in [4.69, 9.17) is 0 Å². The quantitative estimate of drug-likeness (QED) is 0.354. The van der Waals surface area contributed by atoms with Gasteiger partial charge in [0.15, 0.2) is 5.96 Å². The molecule has 0 aromatic heterocycles. The molecule has 5 nitrogen and oxygen atoms in total. The largest absolute Gasteiger partial charge is 0.359 e. The summed E-state index contributed by atoms with van der Waals surface area (Å²) in [4.78, 5) is 17.3. The molecule has 7 heteroatoms. The second-order valence-electron chi connectivity index (χ2n) is 7.06. The molecule has 1 amide bonds. The average Bonchev–Trinajstić information content (AvgIpc) is 2.56. The molecule has 0 atom stereocenters. The first kappa shape index (κ1) is 21.8. The maximum atomic E-state index is 11.9. The summed E-state index contributed by atoms with van der Waals surface area (Å²) in [5.74, 6) is 0.697. The van der Waals surface area contributed by atoms with Crippen LogP contribution in [-0.2, 0) is 4.79 Å². The highest BCUT2D eigenvalue weighted by molar-refractivity contribution is 9.10. The van der Waals surface area contributed by atoms with Gasteiger partial charge in [-0.05, 0) is 52.0 Å². The van der Waals surface area contributed by atoms with Gasteiger partial charge in [-0.3, -0.25) is 9.79 Å². The van der Waals surface area contributed by atoms with Crippen molar-refractivity contribution >= 4 is 39.6 Å². The first-order chi connectivity index (χ1) is 11.6. The second kappa shape index (κ2) is 9.48. The fraction of sp³-hybridized carbons (Fsp3) is 0.556. The highest BCUT2D eigenvalue weighted by Crippen LogP contribution is 2.32. The summed E-state index contributed by atoms with van der Waals surface area (Å²) in [6.45, 7) is 9.43. The Morgan fingerprint density at radius 3 is 2.20 bits per heavy atom. The lowest BCUT2D eigenvalue weighted by atomic mass is 9.92. The van der Waals surface area contributed by atoms with Gasteiger partial charge in [-0.1, -0.05) is 15.9 Å². The number of aliphatic imine (C=N–C) groups is 1. The smallest absolute Gasteiger partial charge is 0.227 e. The van der Waals surface area contributed by atoms with Crippen LogP contribution in [0.1, 0.15) is 27.7 Å². The van der Waals surface area contributed by atoms with Crippen LogP contribution in [-0.4, -0.2) is 43.8 Å². The fourth-order valence-electron chi connectivity index (χ4n) is 2.10. The average molecular weight is 429 g/mol. The third kappa shape index (κ3) is 7.69. The molecule has 0 aliphatic carbocycles. The molecule has 0 spiro atoms.